The van der Waals surface area contributed by atoms with E-state index < -0.39 is 16.6 Å². The van der Waals surface area contributed by atoms with Gasteiger partial charge in [-0.05, 0) is 0 Å². The van der Waals surface area contributed by atoms with Crippen molar-refractivity contribution in [3.8, 4) is 0 Å². The predicted molar refractivity (Wildman–Crippen MR) is 105 cm³/mol. The van der Waals surface area contributed by atoms with E-state index in [-0.39, 0.29) is 24.8 Å². The Morgan fingerprint density at radius 2 is 1.00 bits per heavy atom. The molecular formula is C24H26Cl2Ti. The molecule has 2 aromatic carbocycles. The fourth-order valence-corrected chi connectivity index (χ4v) is 16.6. The number of fused-ring (bicyclic) bond motifs is 2. The van der Waals surface area contributed by atoms with Crippen LogP contribution in [0.5, 0.6) is 0 Å². The van der Waals surface area contributed by atoms with Crippen molar-refractivity contribution in [2.45, 2.75) is 45.6 Å². The third-order valence-electron chi connectivity index (χ3n) is 7.38. The molecule has 1 heterocycles. The van der Waals surface area contributed by atoms with E-state index in [0.717, 1.165) is 8.45 Å². The molecule has 27 heavy (non-hydrogen) atoms. The summed E-state index contributed by atoms with van der Waals surface area (Å²) in [5.41, 5.74) is 12.9. The predicted octanol–water partition coefficient (Wildman–Crippen LogP) is 1.10. The molecule has 0 N–H and O–H groups in total. The van der Waals surface area contributed by atoms with Crippen LogP contribution in [0.15, 0.2) is 59.7 Å². The summed E-state index contributed by atoms with van der Waals surface area (Å²) in [4.78, 5) is 0. The van der Waals surface area contributed by atoms with Gasteiger partial charge in [-0.25, -0.2) is 0 Å². The van der Waals surface area contributed by atoms with E-state index in [1.54, 1.807) is 33.4 Å². The Kier molecular flexibility index (Phi) is 5.61. The first-order valence-corrected chi connectivity index (χ1v) is 13.6. The van der Waals surface area contributed by atoms with Crippen LogP contribution in [0.2, 0.25) is 9.45 Å². The Morgan fingerprint density at radius 3 is 1.37 bits per heavy atom. The molecular weight excluding hydrogens is 407 g/mol. The molecule has 2 aliphatic carbocycles. The van der Waals surface area contributed by atoms with Gasteiger partial charge in [0.25, 0.3) is 0 Å². The van der Waals surface area contributed by atoms with E-state index in [0.29, 0.717) is 0 Å². The molecule has 5 rings (SSSR count). The summed E-state index contributed by atoms with van der Waals surface area (Å²) in [6, 6.07) is 18.5. The molecule has 1 fully saturated rings. The summed E-state index contributed by atoms with van der Waals surface area (Å²) in [6.07, 6.45) is 0. The second-order valence-electron chi connectivity index (χ2n) is 8.39. The van der Waals surface area contributed by atoms with Gasteiger partial charge in [0, 0.05) is 0 Å². The van der Waals surface area contributed by atoms with Gasteiger partial charge in [0.15, 0.2) is 0 Å². The molecule has 3 aliphatic rings. The van der Waals surface area contributed by atoms with Gasteiger partial charge in [0.05, 0.1) is 0 Å². The Bertz CT molecular complexity index is 890. The van der Waals surface area contributed by atoms with Crippen molar-refractivity contribution < 1.29 is 41.4 Å². The number of benzene rings is 2. The van der Waals surface area contributed by atoms with Crippen LogP contribution in [0.1, 0.15) is 58.4 Å². The van der Waals surface area contributed by atoms with Gasteiger partial charge in [-0.1, -0.05) is 0 Å². The first kappa shape index (κ1) is 20.9. The van der Waals surface area contributed by atoms with Crippen molar-refractivity contribution in [2.75, 3.05) is 0 Å². The molecule has 1 aliphatic heterocycles. The van der Waals surface area contributed by atoms with E-state index in [1.165, 1.54) is 20.6 Å². The fraction of sp³-hybridized carbons (Fsp3) is 0.333. The molecule has 0 spiro atoms. The molecule has 2 atom stereocenters. The van der Waals surface area contributed by atoms with E-state index in [4.69, 9.17) is 0 Å². The van der Waals surface area contributed by atoms with Crippen LogP contribution in [0, 0.1) is 0 Å². The Labute approximate surface area is 179 Å². The first-order valence-electron chi connectivity index (χ1n) is 9.59. The van der Waals surface area contributed by atoms with Gasteiger partial charge in [0.2, 0.25) is 0 Å². The minimum absolute atomic E-state index is 0. The monoisotopic (exact) mass is 432 g/mol. The maximum atomic E-state index is 2.43. The van der Waals surface area contributed by atoms with Crippen LogP contribution < -0.4 is 24.8 Å². The van der Waals surface area contributed by atoms with E-state index in [1.807, 2.05) is 0 Å². The van der Waals surface area contributed by atoms with Gasteiger partial charge < -0.3 is 24.8 Å². The van der Waals surface area contributed by atoms with Gasteiger partial charge >= 0.3 is 155 Å². The summed E-state index contributed by atoms with van der Waals surface area (Å²) >= 11 is -2.05. The maximum absolute atomic E-state index is 2.43. The van der Waals surface area contributed by atoms with Gasteiger partial charge in [0.1, 0.15) is 0 Å². The fourth-order valence-electron chi connectivity index (χ4n) is 5.87. The molecule has 0 saturated carbocycles. The number of hydrogen-bond donors (Lipinski definition) is 0. The van der Waals surface area contributed by atoms with Gasteiger partial charge in [-0.3, -0.25) is 0 Å². The smallest absolute Gasteiger partial charge is 1.00 e. The van der Waals surface area contributed by atoms with Crippen molar-refractivity contribution in [2.24, 2.45) is 0 Å². The zero-order valence-electron chi connectivity index (χ0n) is 16.4. The van der Waals surface area contributed by atoms with Crippen LogP contribution in [0.25, 0.3) is 11.1 Å². The largest absolute Gasteiger partial charge is 1.00 e. The Hall–Kier alpha value is -0.786. The van der Waals surface area contributed by atoms with Crippen LogP contribution in [0.4, 0.5) is 0 Å². The van der Waals surface area contributed by atoms with Crippen molar-refractivity contribution in [3.05, 3.63) is 81.9 Å². The third-order valence-corrected chi connectivity index (χ3v) is 15.9. The second-order valence-corrected chi connectivity index (χ2v) is 15.6. The van der Waals surface area contributed by atoms with E-state index >= 15 is 0 Å². The van der Waals surface area contributed by atoms with Crippen LogP contribution in [0.3, 0.4) is 0 Å². The number of halogens is 2. The minimum Gasteiger partial charge on any atom is -1.00 e. The van der Waals surface area contributed by atoms with Crippen LogP contribution in [-0.4, -0.2) is 0 Å². The molecule has 0 aromatic heterocycles. The van der Waals surface area contributed by atoms with Crippen molar-refractivity contribution in [1.29, 1.82) is 0 Å². The van der Waals surface area contributed by atoms with Crippen LogP contribution >= 0.6 is 0 Å². The van der Waals surface area contributed by atoms with Crippen molar-refractivity contribution in [1.82, 2.24) is 0 Å². The van der Waals surface area contributed by atoms with Crippen molar-refractivity contribution in [3.63, 3.8) is 0 Å². The summed E-state index contributed by atoms with van der Waals surface area (Å²) in [5, 5.41) is 0. The summed E-state index contributed by atoms with van der Waals surface area (Å²) < 4.78 is 4.62. The molecule has 2 unspecified atom stereocenters. The molecule has 0 amide bonds. The van der Waals surface area contributed by atoms with Crippen LogP contribution in [-0.2, 0) is 16.6 Å². The Balaban J connectivity index is 0.00000105. The molecule has 140 valence electrons. The standard InChI is InChI=1S/2C11H11.C2H4.2ClH.Ti/c2*1-8-7-10-5-3-4-6-11(10)9(8)2;1-2;;;/h2*3-7H,1-2H3;1-2H2;2*1H;/q;;;;;+2/p-2. The molecule has 1 saturated heterocycles. The zero-order chi connectivity index (χ0) is 17.3. The number of allylic oxidation sites excluding steroid dienone is 4. The average Bonchev–Trinajstić information content (AvgIpc) is 3.31. The number of rotatable bonds is 2. The Morgan fingerprint density at radius 1 is 0.630 bits per heavy atom. The van der Waals surface area contributed by atoms with E-state index in [2.05, 4.69) is 76.2 Å². The quantitative estimate of drug-likeness (QED) is 0.623. The first-order chi connectivity index (χ1) is 12.1. The molecule has 0 bridgehead atoms. The second kappa shape index (κ2) is 7.23. The molecule has 0 radical (unpaired) electrons. The summed E-state index contributed by atoms with van der Waals surface area (Å²) in [5.74, 6) is 0. The minimum atomic E-state index is -2.05. The maximum Gasteiger partial charge on any atom is -1.00 e. The topological polar surface area (TPSA) is 0 Å². The summed E-state index contributed by atoms with van der Waals surface area (Å²) in [7, 11) is 0. The molecule has 2 aromatic rings. The zero-order valence-corrected chi connectivity index (χ0v) is 19.5. The molecule has 3 heteroatoms. The SMILES string of the molecule is CC1=C(C)[CH]([Ti+2]2([CH]3C(C)=C(C)c4ccccc43)[CH2][CH2]2)c2ccccc21.[Cl-].[Cl-]. The number of hydrogen-bond acceptors (Lipinski definition) is 0. The summed E-state index contributed by atoms with van der Waals surface area (Å²) in [6.45, 7) is 9.56. The third kappa shape index (κ3) is 2.76. The molecule has 0 nitrogen and oxygen atoms in total. The average molecular weight is 433 g/mol. The van der Waals surface area contributed by atoms with Gasteiger partial charge in [-0.15, -0.1) is 0 Å². The normalized spacial score (nSPS) is 23.0. The van der Waals surface area contributed by atoms with Gasteiger partial charge in [-0.2, -0.15) is 0 Å². The van der Waals surface area contributed by atoms with E-state index in [9.17, 15) is 0 Å². The van der Waals surface area contributed by atoms with Crippen molar-refractivity contribution >= 4 is 11.1 Å².